The van der Waals surface area contributed by atoms with Gasteiger partial charge in [0.2, 0.25) is 5.91 Å². The Bertz CT molecular complexity index is 1020. The summed E-state index contributed by atoms with van der Waals surface area (Å²) < 4.78 is 67.7. The first kappa shape index (κ1) is 22.4. The van der Waals surface area contributed by atoms with Crippen LogP contribution in [0.3, 0.4) is 0 Å². The van der Waals surface area contributed by atoms with Crippen LogP contribution in [0.5, 0.6) is 0 Å². The van der Waals surface area contributed by atoms with E-state index < -0.39 is 34.9 Å². The van der Waals surface area contributed by atoms with Crippen molar-refractivity contribution in [2.24, 2.45) is 4.99 Å². The van der Waals surface area contributed by atoms with E-state index in [1.165, 1.54) is 11.8 Å². The van der Waals surface area contributed by atoms with E-state index in [2.05, 4.69) is 4.99 Å². The van der Waals surface area contributed by atoms with Crippen LogP contribution in [-0.2, 0) is 15.8 Å². The molecule has 0 spiro atoms. The van der Waals surface area contributed by atoms with Crippen molar-refractivity contribution >= 4 is 17.5 Å². The zero-order valence-corrected chi connectivity index (χ0v) is 17.4. The van der Waals surface area contributed by atoms with E-state index in [0.717, 1.165) is 17.2 Å². The predicted octanol–water partition coefficient (Wildman–Crippen LogP) is 3.69. The molecule has 1 aromatic carbocycles. The smallest absolute Gasteiger partial charge is 0.339 e. The number of piperidine rings is 1. The van der Waals surface area contributed by atoms with Crippen molar-refractivity contribution in [2.45, 2.75) is 38.3 Å². The average molecular weight is 455 g/mol. The standard InChI is InChI=1S/C22H22F5N3O2/c1-12(31)30-7-4-16-14(11-30)10-28-20(16)21(32)29-5-2-13(3-6-29)17-8-15(23)9-18(24)19(17)22(25,26)27/h8-9,13H,2-7,10-11H2,1H3. The number of nitrogens with zero attached hydrogens (tertiary/aromatic N) is 3. The molecule has 3 aliphatic heterocycles. The van der Waals surface area contributed by atoms with Crippen LogP contribution in [0.4, 0.5) is 22.0 Å². The monoisotopic (exact) mass is 455 g/mol. The van der Waals surface area contributed by atoms with Crippen LogP contribution in [-0.4, -0.2) is 60.0 Å². The Morgan fingerprint density at radius 2 is 1.75 bits per heavy atom. The molecule has 0 radical (unpaired) electrons. The summed E-state index contributed by atoms with van der Waals surface area (Å²) in [4.78, 5) is 32.2. The van der Waals surface area contributed by atoms with E-state index in [-0.39, 0.29) is 43.8 Å². The van der Waals surface area contributed by atoms with Gasteiger partial charge in [-0.05, 0) is 48.0 Å². The van der Waals surface area contributed by atoms with E-state index in [4.69, 9.17) is 0 Å². The van der Waals surface area contributed by atoms with Crippen LogP contribution >= 0.6 is 0 Å². The Hall–Kier alpha value is -2.78. The SMILES string of the molecule is CC(=O)N1CCC2=C(CN=C2C(=O)N2CCC(c3cc(F)cc(F)c3C(F)(F)F)CC2)C1. The average Bonchev–Trinajstić information content (AvgIpc) is 3.15. The van der Waals surface area contributed by atoms with Crippen LogP contribution in [0.25, 0.3) is 0 Å². The summed E-state index contributed by atoms with van der Waals surface area (Å²) >= 11 is 0. The van der Waals surface area contributed by atoms with E-state index in [1.807, 2.05) is 0 Å². The highest BCUT2D eigenvalue weighted by Crippen LogP contribution is 2.41. The summed E-state index contributed by atoms with van der Waals surface area (Å²) in [6.45, 7) is 3.13. The number of halogens is 5. The molecular formula is C22H22F5N3O2. The third-order valence-corrected chi connectivity index (χ3v) is 6.39. The number of rotatable bonds is 2. The normalized spacial score (nSPS) is 19.9. The Kier molecular flexibility index (Phi) is 5.81. The topological polar surface area (TPSA) is 53.0 Å². The first-order valence-electron chi connectivity index (χ1n) is 10.4. The molecule has 2 amide bonds. The Balaban J connectivity index is 1.47. The van der Waals surface area contributed by atoms with Gasteiger partial charge in [-0.25, -0.2) is 8.78 Å². The summed E-state index contributed by atoms with van der Waals surface area (Å²) in [5, 5.41) is 0. The quantitative estimate of drug-likeness (QED) is 0.639. The van der Waals surface area contributed by atoms with Crippen LogP contribution in [0.1, 0.15) is 43.2 Å². The molecular weight excluding hydrogens is 433 g/mol. The summed E-state index contributed by atoms with van der Waals surface area (Å²) in [6.07, 6.45) is -4.08. The first-order chi connectivity index (χ1) is 15.1. The first-order valence-corrected chi connectivity index (χ1v) is 10.4. The summed E-state index contributed by atoms with van der Waals surface area (Å²) in [7, 11) is 0. The predicted molar refractivity (Wildman–Crippen MR) is 106 cm³/mol. The summed E-state index contributed by atoms with van der Waals surface area (Å²) in [6, 6.07) is 0.987. The number of amides is 2. The van der Waals surface area contributed by atoms with Crippen LogP contribution in [0, 0.1) is 11.6 Å². The molecule has 0 N–H and O–H groups in total. The van der Waals surface area contributed by atoms with Crippen molar-refractivity contribution in [1.82, 2.24) is 9.80 Å². The third-order valence-electron chi connectivity index (χ3n) is 6.39. The molecule has 0 atom stereocenters. The lowest BCUT2D eigenvalue weighted by Crippen LogP contribution is -2.43. The fourth-order valence-corrected chi connectivity index (χ4v) is 4.75. The van der Waals surface area contributed by atoms with Gasteiger partial charge in [0.25, 0.3) is 5.91 Å². The van der Waals surface area contributed by atoms with Crippen molar-refractivity contribution < 1.29 is 31.5 Å². The van der Waals surface area contributed by atoms with Gasteiger partial charge in [0.1, 0.15) is 17.3 Å². The van der Waals surface area contributed by atoms with Gasteiger partial charge in [0, 0.05) is 39.2 Å². The fraction of sp³-hybridized carbons (Fsp3) is 0.500. The van der Waals surface area contributed by atoms with Crippen LogP contribution in [0.15, 0.2) is 28.3 Å². The van der Waals surface area contributed by atoms with Gasteiger partial charge in [-0.2, -0.15) is 13.2 Å². The van der Waals surface area contributed by atoms with Crippen molar-refractivity contribution in [2.75, 3.05) is 32.7 Å². The van der Waals surface area contributed by atoms with Gasteiger partial charge in [-0.1, -0.05) is 0 Å². The number of carbonyl (C=O) groups is 2. The zero-order valence-electron chi connectivity index (χ0n) is 17.4. The molecule has 5 nitrogen and oxygen atoms in total. The fourth-order valence-electron chi connectivity index (χ4n) is 4.75. The van der Waals surface area contributed by atoms with Gasteiger partial charge >= 0.3 is 6.18 Å². The molecule has 1 aromatic rings. The summed E-state index contributed by atoms with van der Waals surface area (Å²) in [5.74, 6) is -3.71. The number of likely N-dealkylation sites (tertiary alicyclic amines) is 1. The second-order valence-electron chi connectivity index (χ2n) is 8.35. The molecule has 1 fully saturated rings. The van der Waals surface area contributed by atoms with E-state index >= 15 is 0 Å². The van der Waals surface area contributed by atoms with Crippen LogP contribution in [0.2, 0.25) is 0 Å². The largest absolute Gasteiger partial charge is 0.419 e. The molecule has 0 aromatic heterocycles. The molecule has 0 unspecified atom stereocenters. The maximum absolute atomic E-state index is 13.9. The van der Waals surface area contributed by atoms with Crippen molar-refractivity contribution in [3.63, 3.8) is 0 Å². The van der Waals surface area contributed by atoms with Crippen molar-refractivity contribution in [1.29, 1.82) is 0 Å². The third kappa shape index (κ3) is 4.14. The Morgan fingerprint density at radius 3 is 2.38 bits per heavy atom. The van der Waals surface area contributed by atoms with Gasteiger partial charge < -0.3 is 9.80 Å². The van der Waals surface area contributed by atoms with Gasteiger partial charge in [-0.15, -0.1) is 0 Å². The highest BCUT2D eigenvalue weighted by Gasteiger charge is 2.40. The van der Waals surface area contributed by atoms with Crippen LogP contribution < -0.4 is 0 Å². The molecule has 4 rings (SSSR count). The molecule has 10 heteroatoms. The number of hydrogen-bond acceptors (Lipinski definition) is 3. The highest BCUT2D eigenvalue weighted by molar-refractivity contribution is 6.46. The van der Waals surface area contributed by atoms with E-state index in [1.54, 1.807) is 4.90 Å². The maximum atomic E-state index is 13.9. The lowest BCUT2D eigenvalue weighted by molar-refractivity contribution is -0.141. The second kappa shape index (κ2) is 8.29. The van der Waals surface area contributed by atoms with Crippen molar-refractivity contribution in [3.05, 3.63) is 46.0 Å². The highest BCUT2D eigenvalue weighted by atomic mass is 19.4. The second-order valence-corrected chi connectivity index (χ2v) is 8.35. The summed E-state index contributed by atoms with van der Waals surface area (Å²) in [5.41, 5.74) is 0.308. The Morgan fingerprint density at radius 1 is 1.06 bits per heavy atom. The molecule has 32 heavy (non-hydrogen) atoms. The lowest BCUT2D eigenvalue weighted by Gasteiger charge is -2.34. The minimum atomic E-state index is -4.93. The number of carbonyl (C=O) groups excluding carboxylic acids is 2. The Labute approximate surface area is 181 Å². The maximum Gasteiger partial charge on any atom is 0.419 e. The zero-order chi connectivity index (χ0) is 23.2. The minimum absolute atomic E-state index is 0.0367. The van der Waals surface area contributed by atoms with Crippen molar-refractivity contribution in [3.8, 4) is 0 Å². The van der Waals surface area contributed by atoms with E-state index in [0.29, 0.717) is 31.8 Å². The number of aliphatic imine (C=N–C) groups is 1. The molecule has 1 saturated heterocycles. The van der Waals surface area contributed by atoms with Gasteiger partial charge in [0.15, 0.2) is 0 Å². The van der Waals surface area contributed by atoms with Gasteiger partial charge in [0.05, 0.1) is 12.1 Å². The molecule has 172 valence electrons. The minimum Gasteiger partial charge on any atom is -0.339 e. The molecule has 3 heterocycles. The lowest BCUT2D eigenvalue weighted by atomic mass is 9.85. The number of alkyl halides is 3. The molecule has 0 saturated carbocycles. The van der Waals surface area contributed by atoms with Gasteiger partial charge in [-0.3, -0.25) is 14.6 Å². The number of benzene rings is 1. The molecule has 3 aliphatic rings. The van der Waals surface area contributed by atoms with E-state index in [9.17, 15) is 31.5 Å². The number of hydrogen-bond donors (Lipinski definition) is 0. The molecule has 0 aliphatic carbocycles. The molecule has 0 bridgehead atoms.